The van der Waals surface area contributed by atoms with Gasteiger partial charge >= 0.3 is 0 Å². The monoisotopic (exact) mass is 249 g/mol. The Hall–Kier alpha value is -1.16. The molecule has 0 unspecified atom stereocenters. The van der Waals surface area contributed by atoms with Crippen LogP contribution in [0.4, 0.5) is 0 Å². The quantitative estimate of drug-likeness (QED) is 0.749. The van der Waals surface area contributed by atoms with Crippen molar-refractivity contribution < 1.29 is 4.79 Å². The standard InChI is InChI=1S/C14H23N3O/c1-10(2)17-7-12(8-17)5-6-14(18)13-9-16(4)15-11(13)3/h9-10,12H,5-8H2,1-4H3. The van der Waals surface area contributed by atoms with E-state index in [-0.39, 0.29) is 5.78 Å². The molecule has 2 rings (SSSR count). The van der Waals surface area contributed by atoms with Crippen LogP contribution in [0.3, 0.4) is 0 Å². The molecule has 1 aliphatic rings. The average molecular weight is 249 g/mol. The zero-order valence-electron chi connectivity index (χ0n) is 11.8. The topological polar surface area (TPSA) is 38.1 Å². The molecule has 18 heavy (non-hydrogen) atoms. The van der Waals surface area contributed by atoms with Gasteiger partial charge in [0.25, 0.3) is 0 Å². The Bertz CT molecular complexity index is 430. The molecule has 0 atom stereocenters. The van der Waals surface area contributed by atoms with Crippen LogP contribution in [0.15, 0.2) is 6.20 Å². The van der Waals surface area contributed by atoms with E-state index in [2.05, 4.69) is 23.8 Å². The third-order valence-corrected chi connectivity index (χ3v) is 3.81. The molecule has 0 radical (unpaired) electrons. The molecule has 1 aliphatic heterocycles. The summed E-state index contributed by atoms with van der Waals surface area (Å²) in [6, 6.07) is 0.637. The highest BCUT2D eigenvalue weighted by Gasteiger charge is 2.28. The van der Waals surface area contributed by atoms with Crippen molar-refractivity contribution in [1.29, 1.82) is 0 Å². The summed E-state index contributed by atoms with van der Waals surface area (Å²) < 4.78 is 1.71. The summed E-state index contributed by atoms with van der Waals surface area (Å²) in [5.41, 5.74) is 1.64. The Morgan fingerprint density at radius 3 is 2.67 bits per heavy atom. The summed E-state index contributed by atoms with van der Waals surface area (Å²) in [6.07, 6.45) is 3.50. The fraction of sp³-hybridized carbons (Fsp3) is 0.714. The maximum absolute atomic E-state index is 12.1. The number of carbonyl (C=O) groups excluding carboxylic acids is 1. The molecule has 0 aliphatic carbocycles. The predicted octanol–water partition coefficient (Wildman–Crippen LogP) is 2.03. The number of ketones is 1. The molecular formula is C14H23N3O. The maximum atomic E-state index is 12.1. The molecule has 0 N–H and O–H groups in total. The van der Waals surface area contributed by atoms with Crippen LogP contribution in [0.2, 0.25) is 0 Å². The van der Waals surface area contributed by atoms with E-state index < -0.39 is 0 Å². The highest BCUT2D eigenvalue weighted by molar-refractivity contribution is 5.96. The first-order valence-corrected chi connectivity index (χ1v) is 6.75. The van der Waals surface area contributed by atoms with Crippen molar-refractivity contribution in [2.45, 2.75) is 39.7 Å². The zero-order chi connectivity index (χ0) is 13.3. The first kappa shape index (κ1) is 13.3. The summed E-state index contributed by atoms with van der Waals surface area (Å²) >= 11 is 0. The van der Waals surface area contributed by atoms with Gasteiger partial charge in [-0.2, -0.15) is 5.10 Å². The third-order valence-electron chi connectivity index (χ3n) is 3.81. The minimum absolute atomic E-state index is 0.239. The van der Waals surface area contributed by atoms with E-state index >= 15 is 0 Å². The first-order chi connectivity index (χ1) is 8.47. The largest absolute Gasteiger partial charge is 0.300 e. The molecule has 2 heterocycles. The second-order valence-corrected chi connectivity index (χ2v) is 5.68. The lowest BCUT2D eigenvalue weighted by Crippen LogP contribution is -2.50. The summed E-state index contributed by atoms with van der Waals surface area (Å²) in [5.74, 6) is 0.942. The number of carbonyl (C=O) groups is 1. The van der Waals surface area contributed by atoms with Crippen molar-refractivity contribution in [2.24, 2.45) is 13.0 Å². The Kier molecular flexibility index (Phi) is 3.85. The van der Waals surface area contributed by atoms with Crippen LogP contribution in [0.5, 0.6) is 0 Å². The summed E-state index contributed by atoms with van der Waals surface area (Å²) in [4.78, 5) is 14.5. The lowest BCUT2D eigenvalue weighted by molar-refractivity contribution is 0.0595. The van der Waals surface area contributed by atoms with Crippen LogP contribution in [0.25, 0.3) is 0 Å². The van der Waals surface area contributed by atoms with Gasteiger partial charge in [0, 0.05) is 38.8 Å². The highest BCUT2D eigenvalue weighted by Crippen LogP contribution is 2.23. The van der Waals surface area contributed by atoms with Gasteiger partial charge < -0.3 is 4.90 Å². The molecule has 1 aromatic rings. The van der Waals surface area contributed by atoms with E-state index in [1.54, 1.807) is 4.68 Å². The first-order valence-electron chi connectivity index (χ1n) is 6.75. The SMILES string of the molecule is Cc1nn(C)cc1C(=O)CCC1CN(C(C)C)C1. The van der Waals surface area contributed by atoms with Crippen molar-refractivity contribution in [3.05, 3.63) is 17.5 Å². The Morgan fingerprint density at radius 1 is 1.50 bits per heavy atom. The van der Waals surface area contributed by atoms with Gasteiger partial charge in [-0.1, -0.05) is 0 Å². The number of hydrogen-bond donors (Lipinski definition) is 0. The van der Waals surface area contributed by atoms with Crippen LogP contribution in [0, 0.1) is 12.8 Å². The average Bonchev–Trinajstić information content (AvgIpc) is 2.54. The van der Waals surface area contributed by atoms with Gasteiger partial charge in [0.1, 0.15) is 0 Å². The maximum Gasteiger partial charge on any atom is 0.166 e. The van der Waals surface area contributed by atoms with Crippen molar-refractivity contribution in [2.75, 3.05) is 13.1 Å². The number of Topliss-reactive ketones (excluding diaryl/α,β-unsaturated/α-hetero) is 1. The molecule has 4 heteroatoms. The Balaban J connectivity index is 1.78. The molecule has 1 aromatic heterocycles. The fourth-order valence-corrected chi connectivity index (χ4v) is 2.56. The van der Waals surface area contributed by atoms with E-state index in [0.29, 0.717) is 18.4 Å². The molecule has 0 bridgehead atoms. The van der Waals surface area contributed by atoms with E-state index in [1.165, 1.54) is 0 Å². The molecule has 0 spiro atoms. The van der Waals surface area contributed by atoms with Gasteiger partial charge in [0.05, 0.1) is 11.3 Å². The summed E-state index contributed by atoms with van der Waals surface area (Å²) in [7, 11) is 1.86. The Morgan fingerprint density at radius 2 is 2.17 bits per heavy atom. The molecular weight excluding hydrogens is 226 g/mol. The number of hydrogen-bond acceptors (Lipinski definition) is 3. The minimum Gasteiger partial charge on any atom is -0.300 e. The molecule has 1 saturated heterocycles. The smallest absolute Gasteiger partial charge is 0.166 e. The lowest BCUT2D eigenvalue weighted by Gasteiger charge is -2.42. The molecule has 100 valence electrons. The van der Waals surface area contributed by atoms with Crippen LogP contribution in [-0.4, -0.2) is 39.6 Å². The second kappa shape index (κ2) is 5.22. The summed E-state index contributed by atoms with van der Waals surface area (Å²) in [6.45, 7) is 8.64. The normalized spacial score (nSPS) is 17.2. The van der Waals surface area contributed by atoms with Crippen LogP contribution < -0.4 is 0 Å². The van der Waals surface area contributed by atoms with E-state index in [0.717, 1.165) is 30.8 Å². The van der Waals surface area contributed by atoms with Crippen molar-refractivity contribution in [3.8, 4) is 0 Å². The number of nitrogens with zero attached hydrogens (tertiary/aromatic N) is 3. The van der Waals surface area contributed by atoms with Gasteiger partial charge in [0.2, 0.25) is 0 Å². The van der Waals surface area contributed by atoms with Gasteiger partial charge in [-0.15, -0.1) is 0 Å². The van der Waals surface area contributed by atoms with E-state index in [1.807, 2.05) is 20.2 Å². The number of aryl methyl sites for hydroxylation is 2. The van der Waals surface area contributed by atoms with Gasteiger partial charge in [-0.05, 0) is 33.1 Å². The van der Waals surface area contributed by atoms with Gasteiger partial charge in [-0.25, -0.2) is 0 Å². The lowest BCUT2D eigenvalue weighted by atomic mass is 9.91. The molecule has 0 amide bonds. The van der Waals surface area contributed by atoms with E-state index in [9.17, 15) is 4.79 Å². The van der Waals surface area contributed by atoms with Crippen LogP contribution in [-0.2, 0) is 7.05 Å². The van der Waals surface area contributed by atoms with E-state index in [4.69, 9.17) is 0 Å². The van der Waals surface area contributed by atoms with Crippen LogP contribution in [0.1, 0.15) is 42.7 Å². The van der Waals surface area contributed by atoms with Crippen molar-refractivity contribution in [1.82, 2.24) is 14.7 Å². The predicted molar refractivity (Wildman–Crippen MR) is 71.7 cm³/mol. The molecule has 4 nitrogen and oxygen atoms in total. The molecule has 1 fully saturated rings. The number of likely N-dealkylation sites (tertiary alicyclic amines) is 1. The number of rotatable bonds is 5. The molecule has 0 aromatic carbocycles. The Labute approximate surface area is 109 Å². The summed E-state index contributed by atoms with van der Waals surface area (Å²) in [5, 5.41) is 4.22. The van der Waals surface area contributed by atoms with Crippen molar-refractivity contribution in [3.63, 3.8) is 0 Å². The number of aromatic nitrogens is 2. The highest BCUT2D eigenvalue weighted by atomic mass is 16.1. The van der Waals surface area contributed by atoms with Crippen LogP contribution >= 0.6 is 0 Å². The van der Waals surface area contributed by atoms with Gasteiger partial charge in [-0.3, -0.25) is 9.48 Å². The van der Waals surface area contributed by atoms with Crippen molar-refractivity contribution >= 4 is 5.78 Å². The minimum atomic E-state index is 0.239. The zero-order valence-corrected chi connectivity index (χ0v) is 11.8. The third kappa shape index (κ3) is 2.80. The molecule has 0 saturated carbocycles. The van der Waals surface area contributed by atoms with Gasteiger partial charge in [0.15, 0.2) is 5.78 Å². The second-order valence-electron chi connectivity index (χ2n) is 5.68. The fourth-order valence-electron chi connectivity index (χ4n) is 2.56.